The van der Waals surface area contributed by atoms with Gasteiger partial charge in [0.25, 0.3) is 0 Å². The first-order chi connectivity index (χ1) is 40.3. The summed E-state index contributed by atoms with van der Waals surface area (Å²) < 4.78 is 0. The third-order valence-corrected chi connectivity index (χ3v) is 15.1. The first kappa shape index (κ1) is 68.0. The normalized spacial score (nSPS) is 21.3. The molecule has 21 N–H and O–H groups in total. The zero-order chi connectivity index (χ0) is 62.8. The second-order valence-corrected chi connectivity index (χ2v) is 21.9. The summed E-state index contributed by atoms with van der Waals surface area (Å²) in [6.45, 7) is 1.36. The number of β-amino-alcohol motifs (C(OH)–C–C–N with tert-alkyl or cyclic N) is 2. The van der Waals surface area contributed by atoms with Gasteiger partial charge in [-0.15, -0.1) is 0 Å². The number of aromatic hydroxyl groups is 3. The van der Waals surface area contributed by atoms with Crippen LogP contribution in [0.3, 0.4) is 0 Å². The number of primary amides is 1. The molecule has 2 aromatic rings. The van der Waals surface area contributed by atoms with Gasteiger partial charge in [-0.3, -0.25) is 47.9 Å². The second kappa shape index (κ2) is 32.0. The molecule has 0 bridgehead atoms. The van der Waals surface area contributed by atoms with Crippen LogP contribution in [0.2, 0.25) is 0 Å². The molecule has 3 aliphatic heterocycles. The van der Waals surface area contributed by atoms with E-state index in [0.717, 1.165) is 28.9 Å². The number of hydrogen-bond acceptors (Lipinski definition) is 20. The van der Waals surface area contributed by atoms with Crippen LogP contribution < -0.4 is 54.8 Å². The summed E-state index contributed by atoms with van der Waals surface area (Å²) in [5.74, 6) is -10.2. The largest absolute Gasteiger partial charge is 0.508 e. The van der Waals surface area contributed by atoms with E-state index in [-0.39, 0.29) is 50.0 Å². The second-order valence-electron chi connectivity index (χ2n) is 21.9. The number of carbonyl (C=O) groups excluding carboxylic acids is 10. The Bertz CT molecular complexity index is 2680. The van der Waals surface area contributed by atoms with E-state index >= 15 is 0 Å². The lowest BCUT2D eigenvalue weighted by atomic mass is 10.0. The molecule has 85 heavy (non-hydrogen) atoms. The Morgan fingerprint density at radius 1 is 0.588 bits per heavy atom. The molecule has 0 radical (unpaired) electrons. The fraction of sp³-hybridized carbons (Fsp3) is 0.600. The lowest BCUT2D eigenvalue weighted by Gasteiger charge is -2.33. The number of phenolic OH excluding ortho intramolecular Hbond substituents is 3. The Morgan fingerprint density at radius 3 is 1.71 bits per heavy atom. The minimum atomic E-state index is -1.85. The van der Waals surface area contributed by atoms with Gasteiger partial charge in [-0.05, 0) is 114 Å². The van der Waals surface area contributed by atoms with Gasteiger partial charge in [0.1, 0.15) is 60.1 Å². The summed E-state index contributed by atoms with van der Waals surface area (Å²) >= 11 is 0. The summed E-state index contributed by atoms with van der Waals surface area (Å²) in [4.78, 5) is 142. The van der Waals surface area contributed by atoms with Crippen LogP contribution in [0.1, 0.15) is 89.2 Å². The van der Waals surface area contributed by atoms with E-state index < -0.39 is 182 Å². The fourth-order valence-electron chi connectivity index (χ4n) is 10.5. The molecule has 470 valence electrons. The van der Waals surface area contributed by atoms with Gasteiger partial charge in [0.05, 0.1) is 31.0 Å². The van der Waals surface area contributed by atoms with Crippen molar-refractivity contribution < 1.29 is 83.7 Å². The van der Waals surface area contributed by atoms with Gasteiger partial charge in [0.15, 0.2) is 11.5 Å². The van der Waals surface area contributed by atoms with Crippen LogP contribution in [-0.4, -0.2) is 228 Å². The number of hydrogen-bond donors (Lipinski definition) is 17. The number of nitrogens with one attached hydrogen (secondary N) is 6. The average Bonchev–Trinajstić information content (AvgIpc) is 2.90. The highest BCUT2D eigenvalue weighted by Gasteiger charge is 2.49. The molecule has 30 heteroatoms. The van der Waals surface area contributed by atoms with E-state index in [4.69, 9.17) is 22.9 Å². The van der Waals surface area contributed by atoms with Crippen LogP contribution in [0.4, 0.5) is 0 Å². The van der Waals surface area contributed by atoms with Crippen LogP contribution >= 0.6 is 0 Å². The Labute approximate surface area is 490 Å². The zero-order valence-corrected chi connectivity index (χ0v) is 47.6. The van der Waals surface area contributed by atoms with Crippen molar-refractivity contribution >= 4 is 59.1 Å². The minimum absolute atomic E-state index is 0.0909. The van der Waals surface area contributed by atoms with Gasteiger partial charge < -0.3 is 105 Å². The predicted octanol–water partition coefficient (Wildman–Crippen LogP) is -6.12. The molecule has 10 amide bonds. The highest BCUT2D eigenvalue weighted by atomic mass is 16.3. The quantitative estimate of drug-likeness (QED) is 0.0256. The molecule has 5 rings (SSSR count). The molecule has 0 unspecified atom stereocenters. The SMILES string of the molecule is C[C@H](N)C(=O)N[C@@H](CCCCN)C(=O)N1CCC[C@H]1C(=O)N[C@@H](CO)C(=O)N[C@@H](Cc1ccc(O)cc1)C(=O)N1C[C@H](O)C[C@H]1C(=O)N1C[C@H](O)C[C@H]1C(=O)N[C@H](C(=O)N[C@H](Cc1ccc(O)c(O)c1)C(=O)N[C@@H](CCCCN)C(N)=O)[C@@H](C)O. The van der Waals surface area contributed by atoms with E-state index in [2.05, 4.69) is 31.9 Å². The number of amides is 10. The first-order valence-electron chi connectivity index (χ1n) is 28.4. The van der Waals surface area contributed by atoms with Crippen molar-refractivity contribution in [3.8, 4) is 17.2 Å². The fourth-order valence-corrected chi connectivity index (χ4v) is 10.5. The molecule has 3 aliphatic rings. The number of carbonyl (C=O) groups is 10. The molecule has 0 aliphatic carbocycles. The Kier molecular flexibility index (Phi) is 25.6. The number of likely N-dealkylation sites (tertiary alicyclic amines) is 3. The first-order valence-corrected chi connectivity index (χ1v) is 28.4. The van der Waals surface area contributed by atoms with Gasteiger partial charge in [0.2, 0.25) is 59.1 Å². The van der Waals surface area contributed by atoms with E-state index in [0.29, 0.717) is 50.8 Å². The minimum Gasteiger partial charge on any atom is -0.508 e. The number of aliphatic hydroxyl groups excluding tert-OH is 4. The van der Waals surface area contributed by atoms with Crippen LogP contribution in [-0.2, 0) is 60.8 Å². The van der Waals surface area contributed by atoms with E-state index in [1.165, 1.54) is 42.2 Å². The Balaban J connectivity index is 1.35. The lowest BCUT2D eigenvalue weighted by Crippen LogP contribution is -2.61. The Hall–Kier alpha value is -7.74. The summed E-state index contributed by atoms with van der Waals surface area (Å²) in [6.07, 6.45) is -3.15. The topological polar surface area (TPSA) is 498 Å². The zero-order valence-electron chi connectivity index (χ0n) is 47.6. The summed E-state index contributed by atoms with van der Waals surface area (Å²) in [6, 6.07) is -5.10. The molecule has 0 aromatic heterocycles. The van der Waals surface area contributed by atoms with Crippen molar-refractivity contribution in [2.45, 2.75) is 170 Å². The highest BCUT2D eigenvalue weighted by molar-refractivity contribution is 5.99. The maximum absolute atomic E-state index is 14.8. The maximum Gasteiger partial charge on any atom is 0.246 e. The van der Waals surface area contributed by atoms with E-state index in [1.807, 2.05) is 0 Å². The van der Waals surface area contributed by atoms with Crippen molar-refractivity contribution in [1.29, 1.82) is 0 Å². The molecule has 0 spiro atoms. The molecule has 30 nitrogen and oxygen atoms in total. The number of rotatable bonds is 30. The van der Waals surface area contributed by atoms with Crippen LogP contribution in [0, 0.1) is 0 Å². The third kappa shape index (κ3) is 18.9. The number of benzene rings is 2. The van der Waals surface area contributed by atoms with Gasteiger partial charge in [-0.1, -0.05) is 18.2 Å². The monoisotopic (exact) mass is 1200 g/mol. The number of phenols is 3. The van der Waals surface area contributed by atoms with Crippen LogP contribution in [0.5, 0.6) is 17.2 Å². The maximum atomic E-state index is 14.8. The molecule has 0 saturated carbocycles. The van der Waals surface area contributed by atoms with Crippen molar-refractivity contribution in [3.05, 3.63) is 53.6 Å². The number of aliphatic hydroxyl groups is 4. The lowest BCUT2D eigenvalue weighted by molar-refractivity contribution is -0.148. The van der Waals surface area contributed by atoms with Gasteiger partial charge >= 0.3 is 0 Å². The van der Waals surface area contributed by atoms with Crippen molar-refractivity contribution in [2.75, 3.05) is 39.3 Å². The highest BCUT2D eigenvalue weighted by Crippen LogP contribution is 2.29. The molecule has 2 aromatic carbocycles. The van der Waals surface area contributed by atoms with Gasteiger partial charge in [-0.25, -0.2) is 0 Å². The third-order valence-electron chi connectivity index (χ3n) is 15.1. The van der Waals surface area contributed by atoms with Gasteiger partial charge in [0, 0.05) is 45.3 Å². The van der Waals surface area contributed by atoms with Crippen molar-refractivity contribution in [2.24, 2.45) is 22.9 Å². The molecule has 3 heterocycles. The molecule has 3 fully saturated rings. The molecule has 3 saturated heterocycles. The summed E-state index contributed by atoms with van der Waals surface area (Å²) in [5, 5.41) is 88.5. The number of unbranched alkanes of at least 4 members (excludes halogenated alkanes) is 2. The number of nitrogens with two attached hydrogens (primary N) is 4. The summed E-state index contributed by atoms with van der Waals surface area (Å²) in [5.41, 5.74) is 23.1. The number of nitrogens with zero attached hydrogens (tertiary/aromatic N) is 3. The average molecular weight is 1200 g/mol. The summed E-state index contributed by atoms with van der Waals surface area (Å²) in [7, 11) is 0. The van der Waals surface area contributed by atoms with Crippen molar-refractivity contribution in [1.82, 2.24) is 46.6 Å². The standard InChI is InChI=1S/C55H83N13O17/c1-28(58)47(77)61-36(9-4-6-18-57)53(83)66-19-7-10-40(66)50(80)64-39(27-69)49(79)63-38(20-30-11-14-32(71)15-12-30)54(84)68-26-34(73)24-42(68)55(85)67-25-33(72)23-41(67)51(81)65-45(29(2)70)52(82)62-37(21-31-13-16-43(74)44(75)22-31)48(78)60-35(46(59)76)8-3-5-17-56/h11-16,22,28-29,33-42,45,69-75H,3-10,17-21,23-27,56-58H2,1-2H3,(H2,59,76)(H,60,78)(H,61,77)(H,62,82)(H,63,79)(H,64,80)(H,65,81)/t28-,29+,33+,34+,35-,36-,37+,38-,39-,40-,41-,42-,45-/m0/s1. The van der Waals surface area contributed by atoms with Crippen LogP contribution in [0.25, 0.3) is 0 Å². The molecular weight excluding hydrogens is 1110 g/mol. The molecule has 13 atom stereocenters. The predicted molar refractivity (Wildman–Crippen MR) is 301 cm³/mol. The van der Waals surface area contributed by atoms with Crippen LogP contribution in [0.15, 0.2) is 42.5 Å². The van der Waals surface area contributed by atoms with E-state index in [1.54, 1.807) is 0 Å². The molecular formula is C55H83N13O17. The Morgan fingerprint density at radius 2 is 1.12 bits per heavy atom. The van der Waals surface area contributed by atoms with Gasteiger partial charge in [-0.2, -0.15) is 0 Å². The van der Waals surface area contributed by atoms with E-state index in [9.17, 15) is 83.7 Å². The smallest absolute Gasteiger partial charge is 0.246 e. The van der Waals surface area contributed by atoms with Crippen molar-refractivity contribution in [3.63, 3.8) is 0 Å².